The van der Waals surface area contributed by atoms with Gasteiger partial charge in [-0.1, -0.05) is 12.1 Å². The molecular weight excluding hydrogens is 443 g/mol. The van der Waals surface area contributed by atoms with E-state index in [1.807, 2.05) is 0 Å². The van der Waals surface area contributed by atoms with Gasteiger partial charge in [-0.05, 0) is 42.5 Å². The molecule has 4 rings (SSSR count). The van der Waals surface area contributed by atoms with Gasteiger partial charge in [0.15, 0.2) is 5.82 Å². The zero-order valence-electron chi connectivity index (χ0n) is 16.9. The zero-order chi connectivity index (χ0) is 23.2. The summed E-state index contributed by atoms with van der Waals surface area (Å²) >= 11 is 0. The van der Waals surface area contributed by atoms with E-state index in [1.54, 1.807) is 0 Å². The van der Waals surface area contributed by atoms with Crippen molar-refractivity contribution in [3.8, 4) is 16.9 Å². The van der Waals surface area contributed by atoms with Crippen molar-refractivity contribution >= 4 is 20.8 Å². The van der Waals surface area contributed by atoms with Crippen LogP contribution < -0.4 is 5.56 Å². The van der Waals surface area contributed by atoms with Crippen molar-refractivity contribution in [3.63, 3.8) is 0 Å². The van der Waals surface area contributed by atoms with Gasteiger partial charge in [0.25, 0.3) is 5.56 Å². The van der Waals surface area contributed by atoms with Crippen LogP contribution in [0.2, 0.25) is 0 Å². The average Bonchev–Trinajstić information content (AvgIpc) is 2.74. The number of rotatable bonds is 4. The number of halogens is 3. The summed E-state index contributed by atoms with van der Waals surface area (Å²) in [5, 5.41) is 4.35. The van der Waals surface area contributed by atoms with Crippen LogP contribution in [-0.4, -0.2) is 36.6 Å². The molecule has 0 aliphatic heterocycles. The van der Waals surface area contributed by atoms with Gasteiger partial charge in [-0.25, -0.2) is 25.9 Å². The van der Waals surface area contributed by atoms with Crippen molar-refractivity contribution in [3.05, 3.63) is 88.5 Å². The van der Waals surface area contributed by atoms with Gasteiger partial charge in [0.2, 0.25) is 10.0 Å². The fourth-order valence-corrected chi connectivity index (χ4v) is 4.20. The lowest BCUT2D eigenvalue weighted by atomic mass is 10.0. The third-order valence-corrected chi connectivity index (χ3v) is 6.69. The molecular formula is C22H16F3N3O3S. The van der Waals surface area contributed by atoms with E-state index >= 15 is 0 Å². The second-order valence-corrected chi connectivity index (χ2v) is 9.32. The van der Waals surface area contributed by atoms with Gasteiger partial charge >= 0.3 is 0 Å². The highest BCUT2D eigenvalue weighted by atomic mass is 32.2. The minimum absolute atomic E-state index is 0.0287. The van der Waals surface area contributed by atoms with Gasteiger partial charge in [0.05, 0.1) is 16.0 Å². The first-order chi connectivity index (χ1) is 15.1. The normalized spacial score (nSPS) is 11.9. The van der Waals surface area contributed by atoms with Gasteiger partial charge in [-0.15, -0.1) is 0 Å². The highest BCUT2D eigenvalue weighted by Crippen LogP contribution is 2.29. The van der Waals surface area contributed by atoms with Crippen LogP contribution in [0, 0.1) is 17.5 Å². The van der Waals surface area contributed by atoms with E-state index in [0.717, 1.165) is 33.3 Å². The monoisotopic (exact) mass is 459 g/mol. The summed E-state index contributed by atoms with van der Waals surface area (Å²) in [6.45, 7) is 0. The molecule has 0 N–H and O–H groups in total. The van der Waals surface area contributed by atoms with Crippen LogP contribution in [-0.2, 0) is 10.0 Å². The van der Waals surface area contributed by atoms with E-state index in [0.29, 0.717) is 6.07 Å². The molecule has 1 heterocycles. The molecule has 0 radical (unpaired) electrons. The van der Waals surface area contributed by atoms with Crippen LogP contribution in [0.4, 0.5) is 13.2 Å². The number of aromatic nitrogens is 2. The summed E-state index contributed by atoms with van der Waals surface area (Å²) < 4.78 is 68.7. The number of hydrogen-bond donors (Lipinski definition) is 0. The third-order valence-electron chi connectivity index (χ3n) is 4.88. The molecule has 4 aromatic rings. The second kappa shape index (κ2) is 7.88. The predicted octanol–water partition coefficient (Wildman–Crippen LogP) is 3.72. The van der Waals surface area contributed by atoms with E-state index in [9.17, 15) is 26.4 Å². The first kappa shape index (κ1) is 21.7. The molecule has 0 aliphatic carbocycles. The Morgan fingerprint density at radius 3 is 2.25 bits per heavy atom. The number of fused-ring (bicyclic) bond motifs is 1. The predicted molar refractivity (Wildman–Crippen MR) is 114 cm³/mol. The molecule has 6 nitrogen and oxygen atoms in total. The Kier molecular flexibility index (Phi) is 5.35. The molecule has 0 saturated carbocycles. The standard InChI is InChI=1S/C22H16F3N3O3S/c1-27(2)32(30,31)16-5-3-4-13(10-16)21-18-11-14(23)6-8-17(18)22(29)28(26-21)20-9-7-15(24)12-19(20)25/h3-12H,1-2H3. The van der Waals surface area contributed by atoms with Gasteiger partial charge in [-0.2, -0.15) is 9.78 Å². The molecule has 3 aromatic carbocycles. The number of hydrogen-bond acceptors (Lipinski definition) is 4. The Balaban J connectivity index is 2.07. The maximum Gasteiger partial charge on any atom is 0.279 e. The molecule has 0 unspecified atom stereocenters. The average molecular weight is 459 g/mol. The molecule has 32 heavy (non-hydrogen) atoms. The minimum Gasteiger partial charge on any atom is -0.267 e. The molecule has 0 spiro atoms. The number of benzene rings is 3. The lowest BCUT2D eigenvalue weighted by Crippen LogP contribution is -2.23. The Morgan fingerprint density at radius 2 is 1.56 bits per heavy atom. The lowest BCUT2D eigenvalue weighted by molar-refractivity contribution is 0.521. The summed E-state index contributed by atoms with van der Waals surface area (Å²) in [5.74, 6) is -2.48. The summed E-state index contributed by atoms with van der Waals surface area (Å²) in [6, 6.07) is 11.8. The maximum atomic E-state index is 14.4. The Hall–Kier alpha value is -3.50. The van der Waals surface area contributed by atoms with E-state index in [4.69, 9.17) is 0 Å². The first-order valence-corrected chi connectivity index (χ1v) is 10.7. The van der Waals surface area contributed by atoms with Crippen LogP contribution in [0.3, 0.4) is 0 Å². The zero-order valence-corrected chi connectivity index (χ0v) is 17.7. The fraction of sp³-hybridized carbons (Fsp3) is 0.0909. The third kappa shape index (κ3) is 3.67. The lowest BCUT2D eigenvalue weighted by Gasteiger charge is -2.14. The smallest absolute Gasteiger partial charge is 0.267 e. The molecule has 0 bridgehead atoms. The second-order valence-electron chi connectivity index (χ2n) is 7.17. The van der Waals surface area contributed by atoms with Crippen molar-refractivity contribution in [2.24, 2.45) is 0 Å². The number of nitrogens with zero attached hydrogens (tertiary/aromatic N) is 3. The molecule has 0 saturated heterocycles. The summed E-state index contributed by atoms with van der Waals surface area (Å²) in [7, 11) is -1.03. The molecule has 0 aliphatic rings. The highest BCUT2D eigenvalue weighted by Gasteiger charge is 2.20. The van der Waals surface area contributed by atoms with Gasteiger partial charge in [-0.3, -0.25) is 4.79 Å². The van der Waals surface area contributed by atoms with Gasteiger partial charge in [0.1, 0.15) is 17.3 Å². The maximum absolute atomic E-state index is 14.4. The summed E-state index contributed by atoms with van der Waals surface area (Å²) in [5.41, 5.74) is -0.731. The molecule has 10 heteroatoms. The number of sulfonamides is 1. The van der Waals surface area contributed by atoms with Crippen molar-refractivity contribution in [2.75, 3.05) is 14.1 Å². The largest absolute Gasteiger partial charge is 0.279 e. The van der Waals surface area contributed by atoms with Gasteiger partial charge < -0.3 is 0 Å². The van der Waals surface area contributed by atoms with E-state index in [-0.39, 0.29) is 32.6 Å². The van der Waals surface area contributed by atoms with Crippen molar-refractivity contribution in [1.82, 2.24) is 14.1 Å². The molecule has 164 valence electrons. The Morgan fingerprint density at radius 1 is 0.875 bits per heavy atom. The SMILES string of the molecule is CN(C)S(=O)(=O)c1cccc(-c2nn(-c3ccc(F)cc3F)c(=O)c3ccc(F)cc23)c1. The highest BCUT2D eigenvalue weighted by molar-refractivity contribution is 7.89. The van der Waals surface area contributed by atoms with Crippen LogP contribution >= 0.6 is 0 Å². The molecule has 1 aromatic heterocycles. The van der Waals surface area contributed by atoms with Crippen LogP contribution in [0.5, 0.6) is 0 Å². The summed E-state index contributed by atoms with van der Waals surface area (Å²) in [6.07, 6.45) is 0. The van der Waals surface area contributed by atoms with Crippen molar-refractivity contribution < 1.29 is 21.6 Å². The van der Waals surface area contributed by atoms with Crippen LogP contribution in [0.1, 0.15) is 0 Å². The van der Waals surface area contributed by atoms with E-state index in [2.05, 4.69) is 5.10 Å². The fourth-order valence-electron chi connectivity index (χ4n) is 3.26. The van der Waals surface area contributed by atoms with Crippen LogP contribution in [0.25, 0.3) is 27.7 Å². The molecule has 0 fully saturated rings. The van der Waals surface area contributed by atoms with Crippen molar-refractivity contribution in [1.29, 1.82) is 0 Å². The summed E-state index contributed by atoms with van der Waals surface area (Å²) in [4.78, 5) is 12.9. The quantitative estimate of drug-likeness (QED) is 0.466. The molecule has 0 atom stereocenters. The van der Waals surface area contributed by atoms with Gasteiger partial charge in [0, 0.05) is 31.1 Å². The Labute approximate surface area is 181 Å². The van der Waals surface area contributed by atoms with Crippen LogP contribution in [0.15, 0.2) is 70.4 Å². The Bertz CT molecular complexity index is 1530. The minimum atomic E-state index is -3.79. The van der Waals surface area contributed by atoms with E-state index < -0.39 is 33.0 Å². The van der Waals surface area contributed by atoms with E-state index in [1.165, 1.54) is 44.4 Å². The first-order valence-electron chi connectivity index (χ1n) is 9.30. The topological polar surface area (TPSA) is 72.3 Å². The molecule has 0 amide bonds. The van der Waals surface area contributed by atoms with Crippen molar-refractivity contribution in [2.45, 2.75) is 4.90 Å².